The summed E-state index contributed by atoms with van der Waals surface area (Å²) >= 11 is 7.60. The van der Waals surface area contributed by atoms with Crippen molar-refractivity contribution in [2.75, 3.05) is 13.2 Å². The molecular formula is C13H21ClN2OS. The molecule has 1 heterocycles. The van der Waals surface area contributed by atoms with Gasteiger partial charge in [-0.05, 0) is 24.8 Å². The maximum atomic E-state index is 9.43. The highest BCUT2D eigenvalue weighted by Crippen LogP contribution is 2.29. The van der Waals surface area contributed by atoms with Crippen LogP contribution < -0.4 is 11.1 Å². The van der Waals surface area contributed by atoms with E-state index in [-0.39, 0.29) is 12.6 Å². The van der Waals surface area contributed by atoms with Crippen molar-refractivity contribution in [2.24, 2.45) is 11.7 Å². The van der Waals surface area contributed by atoms with Crippen LogP contribution in [0.5, 0.6) is 0 Å². The molecule has 18 heavy (non-hydrogen) atoms. The van der Waals surface area contributed by atoms with Crippen molar-refractivity contribution in [3.05, 3.63) is 21.3 Å². The molecule has 1 aliphatic carbocycles. The van der Waals surface area contributed by atoms with Gasteiger partial charge < -0.3 is 16.2 Å². The van der Waals surface area contributed by atoms with Crippen LogP contribution in [0.2, 0.25) is 5.02 Å². The summed E-state index contributed by atoms with van der Waals surface area (Å²) in [7, 11) is 0. The van der Waals surface area contributed by atoms with E-state index in [2.05, 4.69) is 5.32 Å². The van der Waals surface area contributed by atoms with Crippen molar-refractivity contribution in [3.8, 4) is 0 Å². The molecule has 1 aliphatic rings. The fraction of sp³-hybridized carbons (Fsp3) is 0.692. The van der Waals surface area contributed by atoms with Crippen LogP contribution in [0.3, 0.4) is 0 Å². The Morgan fingerprint density at radius 2 is 2.28 bits per heavy atom. The lowest BCUT2D eigenvalue weighted by molar-refractivity contribution is 0.146. The average Bonchev–Trinajstić information content (AvgIpc) is 2.83. The third-order valence-corrected chi connectivity index (χ3v) is 5.12. The lowest BCUT2D eigenvalue weighted by Crippen LogP contribution is -2.43. The summed E-state index contributed by atoms with van der Waals surface area (Å²) in [5.41, 5.74) is 5.86. The lowest BCUT2D eigenvalue weighted by Gasteiger charge is -2.33. The Kier molecular flexibility index (Phi) is 5.45. The summed E-state index contributed by atoms with van der Waals surface area (Å²) in [5, 5.41) is 15.7. The summed E-state index contributed by atoms with van der Waals surface area (Å²) in [6.45, 7) is 0.825. The summed E-state index contributed by atoms with van der Waals surface area (Å²) in [6, 6.07) is 2.51. The fourth-order valence-corrected chi connectivity index (χ4v) is 3.84. The first kappa shape index (κ1) is 14.3. The Bertz CT molecular complexity index is 372. The Morgan fingerprint density at radius 3 is 2.89 bits per heavy atom. The maximum Gasteiger partial charge on any atom is 0.0542 e. The zero-order valence-corrected chi connectivity index (χ0v) is 12.0. The number of nitrogens with two attached hydrogens (primary N) is 1. The summed E-state index contributed by atoms with van der Waals surface area (Å²) in [6.07, 6.45) is 4.69. The minimum Gasteiger partial charge on any atom is -0.396 e. The quantitative estimate of drug-likeness (QED) is 0.780. The van der Waals surface area contributed by atoms with Gasteiger partial charge in [0.25, 0.3) is 0 Å². The number of aliphatic hydroxyl groups excluding tert-OH is 1. The summed E-state index contributed by atoms with van der Waals surface area (Å²) < 4.78 is 0. The Labute approximate surface area is 117 Å². The summed E-state index contributed by atoms with van der Waals surface area (Å²) in [4.78, 5) is 1.18. The van der Waals surface area contributed by atoms with E-state index in [1.54, 1.807) is 11.3 Å². The molecule has 0 aromatic carbocycles. The zero-order chi connectivity index (χ0) is 13.0. The molecule has 3 atom stereocenters. The number of rotatable bonds is 5. The maximum absolute atomic E-state index is 9.43. The zero-order valence-electron chi connectivity index (χ0n) is 10.4. The Balaban J connectivity index is 2.00. The van der Waals surface area contributed by atoms with Crippen molar-refractivity contribution in [1.29, 1.82) is 0 Å². The van der Waals surface area contributed by atoms with E-state index in [0.29, 0.717) is 18.5 Å². The van der Waals surface area contributed by atoms with Gasteiger partial charge in [0, 0.05) is 29.5 Å². The minimum atomic E-state index is 0.152. The van der Waals surface area contributed by atoms with Gasteiger partial charge in [0.15, 0.2) is 0 Å². The van der Waals surface area contributed by atoms with Crippen LogP contribution in [0, 0.1) is 5.92 Å². The number of hydrogen-bond acceptors (Lipinski definition) is 4. The predicted molar refractivity (Wildman–Crippen MR) is 77.1 cm³/mol. The molecule has 0 amide bonds. The van der Waals surface area contributed by atoms with Crippen LogP contribution in [0.1, 0.15) is 36.6 Å². The van der Waals surface area contributed by atoms with Crippen molar-refractivity contribution in [3.63, 3.8) is 0 Å². The molecule has 0 saturated heterocycles. The summed E-state index contributed by atoms with van der Waals surface area (Å²) in [5.74, 6) is 0.364. The third kappa shape index (κ3) is 3.45. The van der Waals surface area contributed by atoms with Gasteiger partial charge in [0.1, 0.15) is 0 Å². The molecule has 4 N–H and O–H groups in total. The molecule has 1 saturated carbocycles. The van der Waals surface area contributed by atoms with Crippen LogP contribution in [0.25, 0.3) is 0 Å². The molecule has 0 radical (unpaired) electrons. The van der Waals surface area contributed by atoms with Crippen LogP contribution >= 0.6 is 22.9 Å². The van der Waals surface area contributed by atoms with E-state index in [1.165, 1.54) is 17.7 Å². The van der Waals surface area contributed by atoms with Gasteiger partial charge in [-0.15, -0.1) is 11.3 Å². The van der Waals surface area contributed by atoms with Crippen LogP contribution in [0.4, 0.5) is 0 Å². The second-order valence-electron chi connectivity index (χ2n) is 4.96. The number of nitrogens with one attached hydrogen (secondary N) is 1. The molecular weight excluding hydrogens is 268 g/mol. The topological polar surface area (TPSA) is 58.3 Å². The van der Waals surface area contributed by atoms with Crippen LogP contribution in [0.15, 0.2) is 11.4 Å². The molecule has 1 fully saturated rings. The molecule has 5 heteroatoms. The molecule has 1 aromatic rings. The molecule has 0 bridgehead atoms. The molecule has 0 spiro atoms. The molecule has 3 nitrogen and oxygen atoms in total. The fourth-order valence-electron chi connectivity index (χ4n) is 2.68. The van der Waals surface area contributed by atoms with Gasteiger partial charge in [-0.25, -0.2) is 0 Å². The monoisotopic (exact) mass is 288 g/mol. The van der Waals surface area contributed by atoms with Gasteiger partial charge in [-0.2, -0.15) is 0 Å². The van der Waals surface area contributed by atoms with E-state index in [4.69, 9.17) is 17.3 Å². The SMILES string of the molecule is NCC(NC1CCCCC1CO)c1cc(Cl)cs1. The van der Waals surface area contributed by atoms with Crippen LogP contribution in [-0.4, -0.2) is 24.3 Å². The van der Waals surface area contributed by atoms with E-state index < -0.39 is 0 Å². The number of aliphatic hydroxyl groups is 1. The predicted octanol–water partition coefficient (Wildman–Crippen LogP) is 2.54. The first-order valence-electron chi connectivity index (χ1n) is 6.55. The molecule has 0 aliphatic heterocycles. The van der Waals surface area contributed by atoms with Crippen molar-refractivity contribution >= 4 is 22.9 Å². The number of hydrogen-bond donors (Lipinski definition) is 3. The van der Waals surface area contributed by atoms with Crippen molar-refractivity contribution in [2.45, 2.75) is 37.8 Å². The van der Waals surface area contributed by atoms with Gasteiger partial charge >= 0.3 is 0 Å². The minimum absolute atomic E-state index is 0.152. The van der Waals surface area contributed by atoms with E-state index in [9.17, 15) is 5.11 Å². The first-order chi connectivity index (χ1) is 8.74. The largest absolute Gasteiger partial charge is 0.396 e. The Morgan fingerprint density at radius 1 is 1.50 bits per heavy atom. The van der Waals surface area contributed by atoms with Gasteiger partial charge in [-0.3, -0.25) is 0 Å². The van der Waals surface area contributed by atoms with E-state index in [1.807, 2.05) is 11.4 Å². The van der Waals surface area contributed by atoms with Crippen molar-refractivity contribution in [1.82, 2.24) is 5.32 Å². The highest BCUT2D eigenvalue weighted by molar-refractivity contribution is 7.10. The standard InChI is InChI=1S/C13H21ClN2OS/c14-10-5-13(18-8-10)12(6-15)16-11-4-2-1-3-9(11)7-17/h5,8-9,11-12,16-17H,1-4,6-7,15H2. The second-order valence-corrected chi connectivity index (χ2v) is 6.34. The smallest absolute Gasteiger partial charge is 0.0542 e. The molecule has 2 rings (SSSR count). The van der Waals surface area contributed by atoms with Gasteiger partial charge in [0.05, 0.1) is 11.1 Å². The second kappa shape index (κ2) is 6.87. The third-order valence-electron chi connectivity index (χ3n) is 3.73. The highest BCUT2D eigenvalue weighted by atomic mass is 35.5. The Hall–Kier alpha value is -0.130. The number of halogens is 1. The van der Waals surface area contributed by atoms with Crippen molar-refractivity contribution < 1.29 is 5.11 Å². The molecule has 102 valence electrons. The molecule has 1 aromatic heterocycles. The van der Waals surface area contributed by atoms with E-state index >= 15 is 0 Å². The average molecular weight is 289 g/mol. The van der Waals surface area contributed by atoms with Gasteiger partial charge in [0.2, 0.25) is 0 Å². The normalized spacial score (nSPS) is 26.2. The van der Waals surface area contributed by atoms with Crippen LogP contribution in [-0.2, 0) is 0 Å². The number of thiophene rings is 1. The first-order valence-corrected chi connectivity index (χ1v) is 7.81. The van der Waals surface area contributed by atoms with E-state index in [0.717, 1.165) is 17.9 Å². The van der Waals surface area contributed by atoms with Gasteiger partial charge in [-0.1, -0.05) is 24.4 Å². The lowest BCUT2D eigenvalue weighted by atomic mass is 9.84. The highest BCUT2D eigenvalue weighted by Gasteiger charge is 2.27. The molecule has 3 unspecified atom stereocenters.